The standard InChI is InChI=1S/C10H13FN2O2/c1-15-9-3-2-7(11)6-8(9)13-10(14)4-5-12/h2-3,6H,4-5,12H2,1H3,(H,13,14). The highest BCUT2D eigenvalue weighted by molar-refractivity contribution is 5.92. The molecule has 0 aliphatic rings. The summed E-state index contributed by atoms with van der Waals surface area (Å²) in [6.07, 6.45) is 0.194. The van der Waals surface area contributed by atoms with Crippen molar-refractivity contribution >= 4 is 11.6 Å². The SMILES string of the molecule is COc1ccc(F)cc1NC(=O)CCN. The largest absolute Gasteiger partial charge is 0.495 e. The predicted molar refractivity (Wildman–Crippen MR) is 55.3 cm³/mol. The molecule has 0 spiro atoms. The van der Waals surface area contributed by atoms with E-state index in [1.165, 1.54) is 25.3 Å². The van der Waals surface area contributed by atoms with Crippen molar-refractivity contribution in [3.05, 3.63) is 24.0 Å². The number of hydrogen-bond acceptors (Lipinski definition) is 3. The molecule has 1 aromatic carbocycles. The Morgan fingerprint density at radius 2 is 2.33 bits per heavy atom. The Morgan fingerprint density at radius 3 is 2.93 bits per heavy atom. The summed E-state index contributed by atoms with van der Waals surface area (Å²) >= 11 is 0. The van der Waals surface area contributed by atoms with E-state index in [0.717, 1.165) is 0 Å². The number of methoxy groups -OCH3 is 1. The molecule has 1 rings (SSSR count). The van der Waals surface area contributed by atoms with E-state index in [2.05, 4.69) is 5.32 Å². The Balaban J connectivity index is 2.82. The van der Waals surface area contributed by atoms with Crippen LogP contribution in [-0.2, 0) is 4.79 Å². The lowest BCUT2D eigenvalue weighted by molar-refractivity contribution is -0.116. The maximum atomic E-state index is 12.9. The monoisotopic (exact) mass is 212 g/mol. The van der Waals surface area contributed by atoms with Gasteiger partial charge in [-0.15, -0.1) is 0 Å². The molecule has 0 heterocycles. The van der Waals surface area contributed by atoms with Gasteiger partial charge in [-0.25, -0.2) is 4.39 Å². The number of carbonyl (C=O) groups is 1. The van der Waals surface area contributed by atoms with Crippen molar-refractivity contribution in [2.24, 2.45) is 5.73 Å². The van der Waals surface area contributed by atoms with E-state index in [1.54, 1.807) is 0 Å². The Labute approximate surface area is 87.2 Å². The van der Waals surface area contributed by atoms with E-state index >= 15 is 0 Å². The molecule has 0 saturated carbocycles. The van der Waals surface area contributed by atoms with Gasteiger partial charge in [0, 0.05) is 19.0 Å². The van der Waals surface area contributed by atoms with Crippen LogP contribution in [0.3, 0.4) is 0 Å². The van der Waals surface area contributed by atoms with Crippen LogP contribution in [0.25, 0.3) is 0 Å². The average Bonchev–Trinajstić information content (AvgIpc) is 2.18. The minimum atomic E-state index is -0.432. The van der Waals surface area contributed by atoms with Gasteiger partial charge in [-0.05, 0) is 12.1 Å². The molecule has 5 heteroatoms. The minimum absolute atomic E-state index is 0.194. The third-order valence-electron chi connectivity index (χ3n) is 1.81. The lowest BCUT2D eigenvalue weighted by atomic mass is 10.2. The van der Waals surface area contributed by atoms with Crippen molar-refractivity contribution in [3.8, 4) is 5.75 Å². The fourth-order valence-electron chi connectivity index (χ4n) is 1.12. The summed E-state index contributed by atoms with van der Waals surface area (Å²) in [6.45, 7) is 0.253. The Bertz CT molecular complexity index is 355. The molecule has 0 aliphatic carbocycles. The van der Waals surface area contributed by atoms with Gasteiger partial charge in [0.1, 0.15) is 11.6 Å². The van der Waals surface area contributed by atoms with E-state index in [4.69, 9.17) is 10.5 Å². The second-order valence-corrected chi connectivity index (χ2v) is 2.93. The Hall–Kier alpha value is -1.62. The summed E-state index contributed by atoms with van der Waals surface area (Å²) in [5, 5.41) is 2.52. The van der Waals surface area contributed by atoms with Gasteiger partial charge in [-0.3, -0.25) is 4.79 Å². The van der Waals surface area contributed by atoms with Crippen LogP contribution in [0.2, 0.25) is 0 Å². The zero-order valence-electron chi connectivity index (χ0n) is 8.42. The van der Waals surface area contributed by atoms with E-state index in [9.17, 15) is 9.18 Å². The van der Waals surface area contributed by atoms with Crippen LogP contribution in [0.15, 0.2) is 18.2 Å². The maximum absolute atomic E-state index is 12.9. The van der Waals surface area contributed by atoms with E-state index in [1.807, 2.05) is 0 Å². The number of amides is 1. The molecule has 82 valence electrons. The Morgan fingerprint density at radius 1 is 1.60 bits per heavy atom. The molecule has 15 heavy (non-hydrogen) atoms. The van der Waals surface area contributed by atoms with Crippen LogP contribution in [0.4, 0.5) is 10.1 Å². The first kappa shape index (κ1) is 11.5. The molecular formula is C10H13FN2O2. The van der Waals surface area contributed by atoms with Gasteiger partial charge in [-0.1, -0.05) is 0 Å². The highest BCUT2D eigenvalue weighted by Crippen LogP contribution is 2.24. The maximum Gasteiger partial charge on any atom is 0.225 e. The van der Waals surface area contributed by atoms with Gasteiger partial charge in [0.25, 0.3) is 0 Å². The second kappa shape index (κ2) is 5.31. The third-order valence-corrected chi connectivity index (χ3v) is 1.81. The van der Waals surface area contributed by atoms with Crippen LogP contribution in [0.1, 0.15) is 6.42 Å². The molecule has 0 saturated heterocycles. The number of hydrogen-bond donors (Lipinski definition) is 2. The number of halogens is 1. The highest BCUT2D eigenvalue weighted by atomic mass is 19.1. The molecule has 1 aromatic rings. The first-order valence-corrected chi connectivity index (χ1v) is 4.51. The normalized spacial score (nSPS) is 9.80. The van der Waals surface area contributed by atoms with Crippen molar-refractivity contribution < 1.29 is 13.9 Å². The van der Waals surface area contributed by atoms with E-state index in [0.29, 0.717) is 11.4 Å². The zero-order chi connectivity index (χ0) is 11.3. The lowest BCUT2D eigenvalue weighted by Gasteiger charge is -2.09. The van der Waals surface area contributed by atoms with Crippen LogP contribution < -0.4 is 15.8 Å². The smallest absolute Gasteiger partial charge is 0.225 e. The van der Waals surface area contributed by atoms with Gasteiger partial charge < -0.3 is 15.8 Å². The molecule has 4 nitrogen and oxygen atoms in total. The number of benzene rings is 1. The quantitative estimate of drug-likeness (QED) is 0.786. The van der Waals surface area contributed by atoms with Gasteiger partial charge in [0.2, 0.25) is 5.91 Å². The predicted octanol–water partition coefficient (Wildman–Crippen LogP) is 1.12. The number of nitrogens with two attached hydrogens (primary N) is 1. The third kappa shape index (κ3) is 3.21. The lowest BCUT2D eigenvalue weighted by Crippen LogP contribution is -2.16. The molecule has 0 atom stereocenters. The molecule has 3 N–H and O–H groups in total. The molecular weight excluding hydrogens is 199 g/mol. The summed E-state index contributed by atoms with van der Waals surface area (Å²) in [5.41, 5.74) is 5.53. The summed E-state index contributed by atoms with van der Waals surface area (Å²) in [7, 11) is 1.45. The van der Waals surface area contributed by atoms with Crippen LogP contribution in [0, 0.1) is 5.82 Å². The number of nitrogens with one attached hydrogen (secondary N) is 1. The fourth-order valence-corrected chi connectivity index (χ4v) is 1.12. The summed E-state index contributed by atoms with van der Waals surface area (Å²) in [4.78, 5) is 11.2. The van der Waals surface area contributed by atoms with Crippen LogP contribution in [-0.4, -0.2) is 19.6 Å². The zero-order valence-corrected chi connectivity index (χ0v) is 8.42. The molecule has 0 radical (unpaired) electrons. The molecule has 1 amide bonds. The van der Waals surface area contributed by atoms with Crippen LogP contribution in [0.5, 0.6) is 5.75 Å². The van der Waals surface area contributed by atoms with Gasteiger partial charge in [0.15, 0.2) is 0 Å². The second-order valence-electron chi connectivity index (χ2n) is 2.93. The first-order valence-electron chi connectivity index (χ1n) is 4.51. The molecule has 0 fully saturated rings. The van der Waals surface area contributed by atoms with Gasteiger partial charge in [0.05, 0.1) is 12.8 Å². The number of rotatable bonds is 4. The van der Waals surface area contributed by atoms with E-state index < -0.39 is 5.82 Å². The Kier molecular flexibility index (Phi) is 4.05. The molecule has 0 unspecified atom stereocenters. The molecule has 0 bridgehead atoms. The van der Waals surface area contributed by atoms with Crippen molar-refractivity contribution in [1.29, 1.82) is 0 Å². The summed E-state index contributed by atoms with van der Waals surface area (Å²) < 4.78 is 17.9. The minimum Gasteiger partial charge on any atom is -0.495 e. The van der Waals surface area contributed by atoms with Gasteiger partial charge in [-0.2, -0.15) is 0 Å². The molecule has 0 aliphatic heterocycles. The van der Waals surface area contributed by atoms with Crippen molar-refractivity contribution in [3.63, 3.8) is 0 Å². The average molecular weight is 212 g/mol. The molecule has 0 aromatic heterocycles. The first-order chi connectivity index (χ1) is 7.17. The highest BCUT2D eigenvalue weighted by Gasteiger charge is 2.07. The van der Waals surface area contributed by atoms with Crippen molar-refractivity contribution in [1.82, 2.24) is 0 Å². The topological polar surface area (TPSA) is 64.3 Å². The van der Waals surface area contributed by atoms with Crippen molar-refractivity contribution in [2.75, 3.05) is 19.0 Å². The number of anilines is 1. The summed E-state index contributed by atoms with van der Waals surface area (Å²) in [5.74, 6) is -0.276. The van der Waals surface area contributed by atoms with Crippen LogP contribution >= 0.6 is 0 Å². The van der Waals surface area contributed by atoms with E-state index in [-0.39, 0.29) is 18.9 Å². The number of ether oxygens (including phenoxy) is 1. The van der Waals surface area contributed by atoms with Crippen molar-refractivity contribution in [2.45, 2.75) is 6.42 Å². The fraction of sp³-hybridized carbons (Fsp3) is 0.300. The summed E-state index contributed by atoms with van der Waals surface area (Å²) in [6, 6.07) is 3.91. The number of carbonyl (C=O) groups excluding carboxylic acids is 1. The van der Waals surface area contributed by atoms with Gasteiger partial charge >= 0.3 is 0 Å².